The van der Waals surface area contributed by atoms with E-state index in [1.54, 1.807) is 19.2 Å². The molecule has 1 atom stereocenters. The fourth-order valence-electron chi connectivity index (χ4n) is 3.90. The molecule has 0 radical (unpaired) electrons. The molecule has 3 rings (SSSR count). The van der Waals surface area contributed by atoms with Crippen molar-refractivity contribution < 1.29 is 13.9 Å². The number of guanidine groups is 1. The third-order valence-corrected chi connectivity index (χ3v) is 5.46. The van der Waals surface area contributed by atoms with Gasteiger partial charge in [-0.15, -0.1) is 0 Å². The summed E-state index contributed by atoms with van der Waals surface area (Å²) in [5.74, 6) is 1.74. The topological polar surface area (TPSA) is 66.0 Å². The van der Waals surface area contributed by atoms with Gasteiger partial charge >= 0.3 is 0 Å². The van der Waals surface area contributed by atoms with Gasteiger partial charge in [-0.1, -0.05) is 12.8 Å². The minimum Gasteiger partial charge on any atom is -0.494 e. The Morgan fingerprint density at radius 3 is 2.71 bits per heavy atom. The minimum atomic E-state index is -0.265. The Bertz CT molecular complexity index is 659. The summed E-state index contributed by atoms with van der Waals surface area (Å²) < 4.78 is 18.5. The molecule has 6 nitrogen and oxygen atoms in total. The zero-order valence-electron chi connectivity index (χ0n) is 16.6. The van der Waals surface area contributed by atoms with Gasteiger partial charge in [0.1, 0.15) is 11.6 Å². The van der Waals surface area contributed by atoms with Crippen molar-refractivity contribution in [3.63, 3.8) is 0 Å². The molecule has 2 aliphatic rings. The van der Waals surface area contributed by atoms with Crippen molar-refractivity contribution in [3.05, 3.63) is 30.1 Å². The SMILES string of the molecule is CN=C(NCCCOc1ccc(F)cc1)NC1CCN(C(=O)C2CCCC2)C1. The van der Waals surface area contributed by atoms with Crippen LogP contribution in [-0.4, -0.2) is 56.1 Å². The van der Waals surface area contributed by atoms with Crippen molar-refractivity contribution in [1.29, 1.82) is 0 Å². The molecule has 1 aromatic carbocycles. The number of carbonyl (C=O) groups excluding carboxylic acids is 1. The van der Waals surface area contributed by atoms with Gasteiger partial charge in [0, 0.05) is 38.6 Å². The van der Waals surface area contributed by atoms with Crippen LogP contribution in [0.25, 0.3) is 0 Å². The first kappa shape index (κ1) is 20.4. The molecule has 7 heteroatoms. The van der Waals surface area contributed by atoms with E-state index in [0.29, 0.717) is 18.3 Å². The largest absolute Gasteiger partial charge is 0.494 e. The maximum Gasteiger partial charge on any atom is 0.225 e. The van der Waals surface area contributed by atoms with Crippen LogP contribution in [0.15, 0.2) is 29.3 Å². The number of aliphatic imine (C=N–C) groups is 1. The van der Waals surface area contributed by atoms with Gasteiger partial charge in [-0.3, -0.25) is 9.79 Å². The molecular formula is C21H31FN4O2. The maximum atomic E-state index is 12.9. The highest BCUT2D eigenvalue weighted by Gasteiger charge is 2.32. The van der Waals surface area contributed by atoms with Gasteiger partial charge < -0.3 is 20.3 Å². The molecule has 1 aliphatic carbocycles. The normalized spacial score (nSPS) is 20.4. The van der Waals surface area contributed by atoms with Gasteiger partial charge in [0.05, 0.1) is 6.61 Å². The molecule has 1 saturated carbocycles. The molecule has 0 aromatic heterocycles. The van der Waals surface area contributed by atoms with E-state index >= 15 is 0 Å². The number of likely N-dealkylation sites (tertiary alicyclic amines) is 1. The highest BCUT2D eigenvalue weighted by atomic mass is 19.1. The number of rotatable bonds is 7. The lowest BCUT2D eigenvalue weighted by atomic mass is 10.1. The van der Waals surface area contributed by atoms with Crippen LogP contribution in [0.5, 0.6) is 5.75 Å². The van der Waals surface area contributed by atoms with Crippen molar-refractivity contribution in [2.24, 2.45) is 10.9 Å². The van der Waals surface area contributed by atoms with Gasteiger partial charge in [-0.2, -0.15) is 0 Å². The Hall–Kier alpha value is -2.31. The molecule has 1 unspecified atom stereocenters. The third kappa shape index (κ3) is 5.84. The van der Waals surface area contributed by atoms with Gasteiger partial charge in [-0.25, -0.2) is 4.39 Å². The number of nitrogens with one attached hydrogen (secondary N) is 2. The van der Waals surface area contributed by atoms with Crippen molar-refractivity contribution >= 4 is 11.9 Å². The number of ether oxygens (including phenoxy) is 1. The molecule has 1 heterocycles. The van der Waals surface area contributed by atoms with Crippen LogP contribution in [0.4, 0.5) is 4.39 Å². The van der Waals surface area contributed by atoms with E-state index in [2.05, 4.69) is 15.6 Å². The van der Waals surface area contributed by atoms with E-state index in [0.717, 1.165) is 51.3 Å². The number of hydrogen-bond donors (Lipinski definition) is 2. The molecule has 154 valence electrons. The van der Waals surface area contributed by atoms with E-state index in [1.807, 2.05) is 4.90 Å². The second-order valence-corrected chi connectivity index (χ2v) is 7.55. The lowest BCUT2D eigenvalue weighted by Gasteiger charge is -2.21. The fraction of sp³-hybridized carbons (Fsp3) is 0.619. The molecule has 2 fully saturated rings. The Morgan fingerprint density at radius 2 is 2.00 bits per heavy atom. The smallest absolute Gasteiger partial charge is 0.225 e. The Kier molecular flexibility index (Phi) is 7.51. The monoisotopic (exact) mass is 390 g/mol. The van der Waals surface area contributed by atoms with E-state index in [-0.39, 0.29) is 17.8 Å². The summed E-state index contributed by atoms with van der Waals surface area (Å²) in [7, 11) is 1.75. The first-order chi connectivity index (χ1) is 13.7. The van der Waals surface area contributed by atoms with E-state index in [4.69, 9.17) is 4.74 Å². The summed E-state index contributed by atoms with van der Waals surface area (Å²) in [6.45, 7) is 2.85. The maximum absolute atomic E-state index is 12.9. The molecule has 1 aliphatic heterocycles. The van der Waals surface area contributed by atoms with Crippen LogP contribution < -0.4 is 15.4 Å². The summed E-state index contributed by atoms with van der Waals surface area (Å²) in [4.78, 5) is 18.8. The van der Waals surface area contributed by atoms with Crippen LogP contribution in [0, 0.1) is 11.7 Å². The number of hydrogen-bond acceptors (Lipinski definition) is 3. The van der Waals surface area contributed by atoms with Crippen LogP contribution in [0.3, 0.4) is 0 Å². The average molecular weight is 391 g/mol. The summed E-state index contributed by atoms with van der Waals surface area (Å²) in [5.41, 5.74) is 0. The van der Waals surface area contributed by atoms with E-state index in [9.17, 15) is 9.18 Å². The third-order valence-electron chi connectivity index (χ3n) is 5.46. The molecule has 1 amide bonds. The Balaban J connectivity index is 1.32. The Morgan fingerprint density at radius 1 is 1.25 bits per heavy atom. The molecule has 1 saturated heterocycles. The van der Waals surface area contributed by atoms with Gasteiger partial charge in [0.25, 0.3) is 0 Å². The van der Waals surface area contributed by atoms with E-state index in [1.165, 1.54) is 25.0 Å². The van der Waals surface area contributed by atoms with Crippen LogP contribution >= 0.6 is 0 Å². The zero-order valence-corrected chi connectivity index (χ0v) is 16.6. The molecule has 0 spiro atoms. The molecular weight excluding hydrogens is 359 g/mol. The number of nitrogens with zero attached hydrogens (tertiary/aromatic N) is 2. The van der Waals surface area contributed by atoms with Crippen LogP contribution in [0.1, 0.15) is 38.5 Å². The second kappa shape index (κ2) is 10.3. The van der Waals surface area contributed by atoms with Gasteiger partial charge in [0.2, 0.25) is 5.91 Å². The fourth-order valence-corrected chi connectivity index (χ4v) is 3.90. The minimum absolute atomic E-state index is 0.243. The summed E-state index contributed by atoms with van der Waals surface area (Å²) >= 11 is 0. The first-order valence-electron chi connectivity index (χ1n) is 10.3. The number of amides is 1. The summed E-state index contributed by atoms with van der Waals surface area (Å²) in [6, 6.07) is 6.28. The second-order valence-electron chi connectivity index (χ2n) is 7.55. The molecule has 0 bridgehead atoms. The highest BCUT2D eigenvalue weighted by Crippen LogP contribution is 2.27. The number of benzene rings is 1. The summed E-state index contributed by atoms with van der Waals surface area (Å²) in [6.07, 6.45) is 6.23. The molecule has 2 N–H and O–H groups in total. The molecule has 1 aromatic rings. The lowest BCUT2D eigenvalue weighted by Crippen LogP contribution is -2.45. The van der Waals surface area contributed by atoms with Crippen LogP contribution in [-0.2, 0) is 4.79 Å². The predicted molar refractivity (Wildman–Crippen MR) is 108 cm³/mol. The predicted octanol–water partition coefficient (Wildman–Crippen LogP) is 2.55. The number of halogens is 1. The highest BCUT2D eigenvalue weighted by molar-refractivity contribution is 5.81. The lowest BCUT2D eigenvalue weighted by molar-refractivity contribution is -0.134. The molecule has 28 heavy (non-hydrogen) atoms. The summed E-state index contributed by atoms with van der Waals surface area (Å²) in [5, 5.41) is 6.70. The first-order valence-corrected chi connectivity index (χ1v) is 10.3. The van der Waals surface area contributed by atoms with Crippen molar-refractivity contribution in [2.45, 2.75) is 44.6 Å². The van der Waals surface area contributed by atoms with Crippen molar-refractivity contribution in [3.8, 4) is 5.75 Å². The van der Waals surface area contributed by atoms with E-state index < -0.39 is 0 Å². The quantitative estimate of drug-likeness (QED) is 0.427. The number of carbonyl (C=O) groups is 1. The standard InChI is InChI=1S/C21H31FN4O2/c1-23-21(24-12-4-14-28-19-9-7-17(22)8-10-19)25-18-11-13-26(15-18)20(27)16-5-2-3-6-16/h7-10,16,18H,2-6,11-15H2,1H3,(H2,23,24,25). The average Bonchev–Trinajstić information content (AvgIpc) is 3.40. The van der Waals surface area contributed by atoms with Crippen molar-refractivity contribution in [1.82, 2.24) is 15.5 Å². The zero-order chi connectivity index (χ0) is 19.8. The van der Waals surface area contributed by atoms with Crippen LogP contribution in [0.2, 0.25) is 0 Å². The Labute approximate surface area is 166 Å². The van der Waals surface area contributed by atoms with Gasteiger partial charge in [-0.05, 0) is 49.9 Å². The van der Waals surface area contributed by atoms with Crippen molar-refractivity contribution in [2.75, 3.05) is 33.3 Å². The van der Waals surface area contributed by atoms with Gasteiger partial charge in [0.15, 0.2) is 5.96 Å².